The van der Waals surface area contributed by atoms with Gasteiger partial charge in [-0.25, -0.2) is 4.79 Å². The molecule has 1 saturated carbocycles. The van der Waals surface area contributed by atoms with Crippen molar-refractivity contribution in [2.75, 3.05) is 26.2 Å². The van der Waals surface area contributed by atoms with Crippen LogP contribution in [0.25, 0.3) is 0 Å². The molecule has 4 amide bonds. The first kappa shape index (κ1) is 20.2. The van der Waals surface area contributed by atoms with E-state index >= 15 is 0 Å². The molecule has 0 bridgehead atoms. The van der Waals surface area contributed by atoms with Crippen LogP contribution in [0.2, 0.25) is 5.02 Å². The third-order valence-corrected chi connectivity index (χ3v) is 6.68. The molecule has 1 aliphatic carbocycles. The molecule has 3 aliphatic rings. The summed E-state index contributed by atoms with van der Waals surface area (Å²) < 4.78 is 0. The maximum absolute atomic E-state index is 12.7. The van der Waals surface area contributed by atoms with E-state index in [0.717, 1.165) is 49.2 Å². The first-order chi connectivity index (χ1) is 13.9. The minimum absolute atomic E-state index is 0.0324. The molecule has 156 valence electrons. The number of imide groups is 1. The van der Waals surface area contributed by atoms with Gasteiger partial charge in [0.2, 0.25) is 5.91 Å². The average Bonchev–Trinajstić information content (AvgIpc) is 3.38. The predicted molar refractivity (Wildman–Crippen MR) is 109 cm³/mol. The fraction of sp³-hybridized carbons (Fsp3) is 0.571. The number of nitrogens with one attached hydrogen (secondary N) is 2. The topological polar surface area (TPSA) is 81.8 Å². The molecule has 2 heterocycles. The fourth-order valence-electron chi connectivity index (χ4n) is 4.44. The molecule has 0 unspecified atom stereocenters. The van der Waals surface area contributed by atoms with Gasteiger partial charge in [-0.1, -0.05) is 29.8 Å². The molecule has 29 heavy (non-hydrogen) atoms. The van der Waals surface area contributed by atoms with Crippen LogP contribution in [0.1, 0.15) is 44.2 Å². The molecule has 1 aromatic carbocycles. The molecule has 0 radical (unpaired) electrons. The normalized spacial score (nSPS) is 25.9. The lowest BCUT2D eigenvalue weighted by Crippen LogP contribution is -2.47. The maximum atomic E-state index is 12.7. The van der Waals surface area contributed by atoms with Gasteiger partial charge in [0.25, 0.3) is 5.91 Å². The maximum Gasteiger partial charge on any atom is 0.325 e. The highest BCUT2D eigenvalue weighted by molar-refractivity contribution is 6.31. The highest BCUT2D eigenvalue weighted by atomic mass is 35.5. The Bertz CT molecular complexity index is 822. The summed E-state index contributed by atoms with van der Waals surface area (Å²) in [6, 6.07) is 7.15. The number of benzene rings is 1. The SMILES string of the molecule is C[C@@]1(C2CC2)NC(=O)N(CC(=O)NC[C@H](c2ccccc2Cl)N2CCCC2)C1=O. The Morgan fingerprint density at radius 1 is 1.28 bits per heavy atom. The Balaban J connectivity index is 1.40. The number of hydrogen-bond donors (Lipinski definition) is 2. The molecular formula is C21H27ClN4O3. The molecule has 7 nitrogen and oxygen atoms in total. The van der Waals surface area contributed by atoms with Gasteiger partial charge >= 0.3 is 6.03 Å². The van der Waals surface area contributed by atoms with Crippen molar-refractivity contribution >= 4 is 29.4 Å². The largest absolute Gasteiger partial charge is 0.353 e. The molecule has 3 fully saturated rings. The molecule has 2 aliphatic heterocycles. The smallest absolute Gasteiger partial charge is 0.325 e. The summed E-state index contributed by atoms with van der Waals surface area (Å²) in [6.07, 6.45) is 4.10. The third kappa shape index (κ3) is 3.98. The van der Waals surface area contributed by atoms with Crippen molar-refractivity contribution in [2.24, 2.45) is 5.92 Å². The van der Waals surface area contributed by atoms with Crippen LogP contribution in [0.15, 0.2) is 24.3 Å². The standard InChI is InChI=1S/C21H27ClN4O3/c1-21(14-8-9-14)19(28)26(20(29)24-21)13-18(27)23-12-17(25-10-4-5-11-25)15-6-2-3-7-16(15)22/h2-3,6-7,14,17H,4-5,8-13H2,1H3,(H,23,27)(H,24,29)/t17-,21+/m1/s1. The van der Waals surface area contributed by atoms with Crippen molar-refractivity contribution in [1.29, 1.82) is 0 Å². The summed E-state index contributed by atoms with van der Waals surface area (Å²) >= 11 is 6.41. The van der Waals surface area contributed by atoms with Gasteiger partial charge in [0.1, 0.15) is 12.1 Å². The highest BCUT2D eigenvalue weighted by Gasteiger charge is 2.56. The van der Waals surface area contributed by atoms with Gasteiger partial charge in [-0.3, -0.25) is 19.4 Å². The van der Waals surface area contributed by atoms with Gasteiger partial charge in [0.05, 0.1) is 6.04 Å². The van der Waals surface area contributed by atoms with E-state index < -0.39 is 11.6 Å². The number of halogens is 1. The summed E-state index contributed by atoms with van der Waals surface area (Å²) in [6.45, 7) is 3.79. The van der Waals surface area contributed by atoms with Crippen LogP contribution in [-0.2, 0) is 9.59 Å². The molecule has 1 aromatic rings. The van der Waals surface area contributed by atoms with E-state index in [1.54, 1.807) is 6.92 Å². The second kappa shape index (κ2) is 7.95. The average molecular weight is 419 g/mol. The van der Waals surface area contributed by atoms with E-state index in [2.05, 4.69) is 15.5 Å². The zero-order valence-corrected chi connectivity index (χ0v) is 17.4. The number of hydrogen-bond acceptors (Lipinski definition) is 4. The Hall–Kier alpha value is -2.12. The number of rotatable bonds is 7. The molecular weight excluding hydrogens is 392 g/mol. The summed E-state index contributed by atoms with van der Waals surface area (Å²) in [4.78, 5) is 40.9. The molecule has 4 rings (SSSR count). The van der Waals surface area contributed by atoms with E-state index in [0.29, 0.717) is 11.6 Å². The Labute approximate surface area is 175 Å². The summed E-state index contributed by atoms with van der Waals surface area (Å²) in [7, 11) is 0. The zero-order chi connectivity index (χ0) is 20.6. The van der Waals surface area contributed by atoms with Crippen LogP contribution >= 0.6 is 11.6 Å². The summed E-state index contributed by atoms with van der Waals surface area (Å²) in [5.74, 6) is -0.473. The molecule has 0 aromatic heterocycles. The number of amides is 4. The zero-order valence-electron chi connectivity index (χ0n) is 16.6. The van der Waals surface area contributed by atoms with Gasteiger partial charge in [0.15, 0.2) is 0 Å². The van der Waals surface area contributed by atoms with Crippen LogP contribution < -0.4 is 10.6 Å². The molecule has 0 spiro atoms. The van der Waals surface area contributed by atoms with Crippen molar-refractivity contribution in [3.05, 3.63) is 34.9 Å². The van der Waals surface area contributed by atoms with Crippen LogP contribution in [0.5, 0.6) is 0 Å². The third-order valence-electron chi connectivity index (χ3n) is 6.33. The van der Waals surface area contributed by atoms with Gasteiger partial charge in [0, 0.05) is 11.6 Å². The van der Waals surface area contributed by atoms with Crippen molar-refractivity contribution in [3.63, 3.8) is 0 Å². The second-order valence-electron chi connectivity index (χ2n) is 8.38. The lowest BCUT2D eigenvalue weighted by molar-refractivity contribution is -0.135. The first-order valence-corrected chi connectivity index (χ1v) is 10.7. The van der Waals surface area contributed by atoms with Gasteiger partial charge < -0.3 is 10.6 Å². The van der Waals surface area contributed by atoms with Gasteiger partial charge in [-0.2, -0.15) is 0 Å². The Kier molecular flexibility index (Phi) is 5.53. The molecule has 8 heteroatoms. The number of urea groups is 1. The lowest BCUT2D eigenvalue weighted by Gasteiger charge is -2.29. The lowest BCUT2D eigenvalue weighted by atomic mass is 9.96. The van der Waals surface area contributed by atoms with E-state index in [9.17, 15) is 14.4 Å². The number of nitrogens with zero attached hydrogens (tertiary/aromatic N) is 2. The fourth-order valence-corrected chi connectivity index (χ4v) is 4.70. The van der Waals surface area contributed by atoms with Crippen LogP contribution in [0.4, 0.5) is 4.79 Å². The molecule has 2 N–H and O–H groups in total. The van der Waals surface area contributed by atoms with Crippen molar-refractivity contribution in [2.45, 2.75) is 44.2 Å². The monoisotopic (exact) mass is 418 g/mol. The van der Waals surface area contributed by atoms with Gasteiger partial charge in [-0.15, -0.1) is 0 Å². The number of carbonyl (C=O) groups excluding carboxylic acids is 3. The van der Waals surface area contributed by atoms with E-state index in [-0.39, 0.29) is 30.3 Å². The second-order valence-corrected chi connectivity index (χ2v) is 8.79. The Morgan fingerprint density at radius 2 is 1.97 bits per heavy atom. The quantitative estimate of drug-likeness (QED) is 0.666. The van der Waals surface area contributed by atoms with Gasteiger partial charge in [-0.05, 0) is 63.2 Å². The minimum Gasteiger partial charge on any atom is -0.353 e. The molecule has 2 atom stereocenters. The molecule has 2 saturated heterocycles. The van der Waals surface area contributed by atoms with E-state index in [4.69, 9.17) is 11.6 Å². The highest BCUT2D eigenvalue weighted by Crippen LogP contribution is 2.42. The van der Waals surface area contributed by atoms with Crippen molar-refractivity contribution in [1.82, 2.24) is 20.4 Å². The summed E-state index contributed by atoms with van der Waals surface area (Å²) in [5, 5.41) is 6.36. The number of likely N-dealkylation sites (tertiary alicyclic amines) is 1. The minimum atomic E-state index is -0.868. The first-order valence-electron chi connectivity index (χ1n) is 10.3. The van der Waals surface area contributed by atoms with Crippen molar-refractivity contribution < 1.29 is 14.4 Å². The van der Waals surface area contributed by atoms with Crippen LogP contribution in [0.3, 0.4) is 0 Å². The summed E-state index contributed by atoms with van der Waals surface area (Å²) in [5.41, 5.74) is 0.111. The van der Waals surface area contributed by atoms with E-state index in [1.807, 2.05) is 24.3 Å². The van der Waals surface area contributed by atoms with Crippen LogP contribution in [0, 0.1) is 5.92 Å². The van der Waals surface area contributed by atoms with E-state index in [1.165, 1.54) is 0 Å². The van der Waals surface area contributed by atoms with Crippen LogP contribution in [-0.4, -0.2) is 59.4 Å². The number of carbonyl (C=O) groups is 3. The van der Waals surface area contributed by atoms with Crippen molar-refractivity contribution in [3.8, 4) is 0 Å². The predicted octanol–water partition coefficient (Wildman–Crippen LogP) is 2.31. The Morgan fingerprint density at radius 3 is 2.62 bits per heavy atom.